The van der Waals surface area contributed by atoms with Gasteiger partial charge in [0.25, 0.3) is 0 Å². The van der Waals surface area contributed by atoms with Crippen molar-refractivity contribution < 1.29 is 22.3 Å². The molecule has 1 aromatic heterocycles. The highest BCUT2D eigenvalue weighted by Gasteiger charge is 2.27. The van der Waals surface area contributed by atoms with Gasteiger partial charge in [-0.2, -0.15) is 13.2 Å². The molecule has 5 nitrogen and oxygen atoms in total. The van der Waals surface area contributed by atoms with Crippen LogP contribution in [0.4, 0.5) is 13.2 Å². The molecule has 1 heterocycles. The normalized spacial score (nSPS) is 13.9. The van der Waals surface area contributed by atoms with Crippen LogP contribution in [0.3, 0.4) is 0 Å². The van der Waals surface area contributed by atoms with Crippen LogP contribution >= 0.6 is 0 Å². The highest BCUT2D eigenvalue weighted by molar-refractivity contribution is 4.87. The van der Waals surface area contributed by atoms with E-state index in [1.807, 2.05) is 6.92 Å². The minimum absolute atomic E-state index is 0.0904. The van der Waals surface area contributed by atoms with Gasteiger partial charge >= 0.3 is 6.18 Å². The van der Waals surface area contributed by atoms with Gasteiger partial charge in [0.05, 0.1) is 12.6 Å². The lowest BCUT2D eigenvalue weighted by Crippen LogP contribution is -2.18. The number of hydrogen-bond donors (Lipinski definition) is 1. The first-order chi connectivity index (χ1) is 7.92. The Morgan fingerprint density at radius 2 is 2.12 bits per heavy atom. The molecule has 0 aliphatic rings. The molecule has 0 fully saturated rings. The molecule has 0 saturated heterocycles. The van der Waals surface area contributed by atoms with Gasteiger partial charge in [-0.25, -0.2) is 0 Å². The fourth-order valence-electron chi connectivity index (χ4n) is 1.01. The third-order valence-corrected chi connectivity index (χ3v) is 2.01. The maximum Gasteiger partial charge on any atom is 0.411 e. The van der Waals surface area contributed by atoms with E-state index in [-0.39, 0.29) is 25.0 Å². The van der Waals surface area contributed by atoms with Crippen LogP contribution in [-0.2, 0) is 11.2 Å². The van der Waals surface area contributed by atoms with Crippen LogP contribution in [0.25, 0.3) is 0 Å². The maximum atomic E-state index is 11.8. The van der Waals surface area contributed by atoms with Crippen LogP contribution < -0.4 is 5.32 Å². The molecule has 0 aliphatic carbocycles. The Hall–Kier alpha value is -1.15. The van der Waals surface area contributed by atoms with Crippen LogP contribution in [0.15, 0.2) is 4.42 Å². The number of nitrogens with one attached hydrogen (secondary N) is 1. The Bertz CT molecular complexity index is 340. The topological polar surface area (TPSA) is 60.2 Å². The van der Waals surface area contributed by atoms with Crippen molar-refractivity contribution >= 4 is 0 Å². The maximum absolute atomic E-state index is 11.8. The Balaban J connectivity index is 2.30. The summed E-state index contributed by atoms with van der Waals surface area (Å²) in [5.41, 5.74) is 0. The lowest BCUT2D eigenvalue weighted by Gasteiger charge is -2.05. The zero-order valence-corrected chi connectivity index (χ0v) is 9.54. The summed E-state index contributed by atoms with van der Waals surface area (Å²) in [5.74, 6) is 0.669. The summed E-state index contributed by atoms with van der Waals surface area (Å²) in [6.45, 7) is 0.466. The van der Waals surface area contributed by atoms with Crippen molar-refractivity contribution in [2.24, 2.45) is 0 Å². The summed E-state index contributed by atoms with van der Waals surface area (Å²) in [7, 11) is 1.74. The average molecular weight is 253 g/mol. The summed E-state index contributed by atoms with van der Waals surface area (Å²) in [6.07, 6.45) is -4.14. The minimum atomic E-state index is -4.30. The Labute approximate surface area is 96.3 Å². The molecular weight excluding hydrogens is 239 g/mol. The summed E-state index contributed by atoms with van der Waals surface area (Å²) in [5, 5.41) is 10.4. The Morgan fingerprint density at radius 3 is 2.71 bits per heavy atom. The summed E-state index contributed by atoms with van der Waals surface area (Å²) in [6, 6.07) is -0.0904. The third kappa shape index (κ3) is 5.14. The van der Waals surface area contributed by atoms with E-state index in [4.69, 9.17) is 4.42 Å². The number of ether oxygens (including phenoxy) is 1. The fourth-order valence-corrected chi connectivity index (χ4v) is 1.01. The first-order valence-electron chi connectivity index (χ1n) is 5.06. The summed E-state index contributed by atoms with van der Waals surface area (Å²) >= 11 is 0. The molecule has 0 aromatic carbocycles. The largest absolute Gasteiger partial charge is 0.423 e. The molecule has 0 aliphatic heterocycles. The molecule has 0 spiro atoms. The third-order valence-electron chi connectivity index (χ3n) is 2.01. The van der Waals surface area contributed by atoms with Gasteiger partial charge in [0.15, 0.2) is 0 Å². The number of aromatic nitrogens is 2. The van der Waals surface area contributed by atoms with Gasteiger partial charge in [0.1, 0.15) is 6.61 Å². The molecule has 1 atom stereocenters. The monoisotopic (exact) mass is 253 g/mol. The van der Waals surface area contributed by atoms with Crippen molar-refractivity contribution in [1.29, 1.82) is 0 Å². The molecule has 98 valence electrons. The Kier molecular flexibility index (Phi) is 4.88. The molecule has 17 heavy (non-hydrogen) atoms. The van der Waals surface area contributed by atoms with E-state index in [2.05, 4.69) is 20.3 Å². The number of nitrogens with zero attached hydrogens (tertiary/aromatic N) is 2. The van der Waals surface area contributed by atoms with Crippen LogP contribution in [-0.4, -0.2) is 36.6 Å². The van der Waals surface area contributed by atoms with Crippen LogP contribution in [0.1, 0.15) is 24.7 Å². The smallest absolute Gasteiger partial charge is 0.411 e. The van der Waals surface area contributed by atoms with Gasteiger partial charge in [-0.1, -0.05) is 0 Å². The second kappa shape index (κ2) is 5.97. The summed E-state index contributed by atoms with van der Waals surface area (Å²) in [4.78, 5) is 0. The van der Waals surface area contributed by atoms with Gasteiger partial charge in [-0.15, -0.1) is 10.2 Å². The van der Waals surface area contributed by atoms with Gasteiger partial charge in [0, 0.05) is 6.42 Å². The SMILES string of the molecule is CNC(C)c1nnc(CCOCC(F)(F)F)o1. The van der Waals surface area contributed by atoms with Crippen molar-refractivity contribution in [2.45, 2.75) is 25.6 Å². The molecule has 1 unspecified atom stereocenters. The number of rotatable bonds is 6. The molecule has 1 aromatic rings. The molecule has 0 bridgehead atoms. The van der Waals surface area contributed by atoms with Crippen LogP contribution in [0.5, 0.6) is 0 Å². The molecule has 0 radical (unpaired) electrons. The number of halogens is 3. The van der Waals surface area contributed by atoms with E-state index in [9.17, 15) is 13.2 Å². The van der Waals surface area contributed by atoms with Crippen molar-refractivity contribution in [3.05, 3.63) is 11.8 Å². The zero-order chi connectivity index (χ0) is 12.9. The minimum Gasteiger partial charge on any atom is -0.423 e. The molecule has 1 rings (SSSR count). The molecular formula is C9H14F3N3O2. The quantitative estimate of drug-likeness (QED) is 0.778. The highest BCUT2D eigenvalue weighted by Crippen LogP contribution is 2.15. The van der Waals surface area contributed by atoms with E-state index >= 15 is 0 Å². The molecule has 8 heteroatoms. The van der Waals surface area contributed by atoms with E-state index in [0.717, 1.165) is 0 Å². The van der Waals surface area contributed by atoms with Crippen molar-refractivity contribution in [3.8, 4) is 0 Å². The second-order valence-electron chi connectivity index (χ2n) is 3.46. The van der Waals surface area contributed by atoms with Crippen LogP contribution in [0.2, 0.25) is 0 Å². The Morgan fingerprint density at radius 1 is 1.41 bits per heavy atom. The van der Waals surface area contributed by atoms with Gasteiger partial charge in [0.2, 0.25) is 11.8 Å². The standard InChI is InChI=1S/C9H14F3N3O2/c1-6(13-2)8-15-14-7(17-8)3-4-16-5-9(10,11)12/h6,13H,3-5H2,1-2H3. The number of alkyl halides is 3. The molecule has 0 saturated carbocycles. The zero-order valence-electron chi connectivity index (χ0n) is 9.54. The van der Waals surface area contributed by atoms with Crippen molar-refractivity contribution in [1.82, 2.24) is 15.5 Å². The predicted molar refractivity (Wildman–Crippen MR) is 52.4 cm³/mol. The van der Waals surface area contributed by atoms with Gasteiger partial charge in [-0.05, 0) is 14.0 Å². The first kappa shape index (κ1) is 13.9. The fraction of sp³-hybridized carbons (Fsp3) is 0.778. The van der Waals surface area contributed by atoms with E-state index in [0.29, 0.717) is 5.89 Å². The van der Waals surface area contributed by atoms with Gasteiger partial charge in [-0.3, -0.25) is 0 Å². The first-order valence-corrected chi connectivity index (χ1v) is 5.06. The van der Waals surface area contributed by atoms with E-state index in [1.165, 1.54) is 0 Å². The molecule has 1 N–H and O–H groups in total. The lowest BCUT2D eigenvalue weighted by molar-refractivity contribution is -0.173. The predicted octanol–water partition coefficient (Wildman–Crippen LogP) is 1.47. The van der Waals surface area contributed by atoms with Crippen LogP contribution in [0, 0.1) is 0 Å². The second-order valence-corrected chi connectivity index (χ2v) is 3.46. The lowest BCUT2D eigenvalue weighted by atomic mass is 10.3. The van der Waals surface area contributed by atoms with Crippen molar-refractivity contribution in [3.63, 3.8) is 0 Å². The van der Waals surface area contributed by atoms with Crippen molar-refractivity contribution in [2.75, 3.05) is 20.3 Å². The van der Waals surface area contributed by atoms with E-state index in [1.54, 1.807) is 7.05 Å². The van der Waals surface area contributed by atoms with Gasteiger partial charge < -0.3 is 14.5 Å². The highest BCUT2D eigenvalue weighted by atomic mass is 19.4. The summed E-state index contributed by atoms with van der Waals surface area (Å²) < 4.78 is 44.9. The number of hydrogen-bond acceptors (Lipinski definition) is 5. The van der Waals surface area contributed by atoms with E-state index < -0.39 is 12.8 Å². The average Bonchev–Trinajstić information content (AvgIpc) is 2.70. The molecule has 0 amide bonds.